The van der Waals surface area contributed by atoms with E-state index in [-0.39, 0.29) is 24.9 Å². The van der Waals surface area contributed by atoms with Crippen molar-refractivity contribution in [2.24, 2.45) is 5.73 Å². The van der Waals surface area contributed by atoms with Crippen LogP contribution < -0.4 is 5.73 Å². The molecule has 5 nitrogen and oxygen atoms in total. The van der Waals surface area contributed by atoms with Crippen molar-refractivity contribution in [3.63, 3.8) is 0 Å². The lowest BCUT2D eigenvalue weighted by atomic mass is 10.1. The monoisotopic (exact) mass is 210 g/mol. The molecule has 0 saturated heterocycles. The summed E-state index contributed by atoms with van der Waals surface area (Å²) in [7, 11) is 0. The van der Waals surface area contributed by atoms with Gasteiger partial charge in [-0.15, -0.1) is 0 Å². The molecule has 1 aromatic heterocycles. The zero-order valence-electron chi connectivity index (χ0n) is 8.78. The van der Waals surface area contributed by atoms with Crippen LogP contribution in [0.2, 0.25) is 0 Å². The molecule has 3 N–H and O–H groups in total. The minimum atomic E-state index is -0.377. The maximum Gasteiger partial charge on any atom is 0.302 e. The molecule has 0 bridgehead atoms. The van der Waals surface area contributed by atoms with E-state index >= 15 is 0 Å². The molecule has 0 aliphatic rings. The van der Waals surface area contributed by atoms with Gasteiger partial charge in [-0.1, -0.05) is 0 Å². The Morgan fingerprint density at radius 1 is 1.67 bits per heavy atom. The first kappa shape index (κ1) is 11.5. The molecule has 5 heteroatoms. The van der Waals surface area contributed by atoms with E-state index in [4.69, 9.17) is 10.5 Å². The highest BCUT2D eigenvalue weighted by Gasteiger charge is 2.10. The molecule has 0 aliphatic heterocycles. The first-order chi connectivity index (χ1) is 7.06. The molecule has 1 aromatic rings. The number of carbonyl (C=O) groups excluding carboxylic acids is 1. The molecule has 15 heavy (non-hydrogen) atoms. The predicted octanol–water partition coefficient (Wildman–Crippen LogP) is 0.617. The number of aromatic hydroxyl groups is 1. The first-order valence-corrected chi connectivity index (χ1v) is 4.56. The maximum absolute atomic E-state index is 10.6. The molecular weight excluding hydrogens is 196 g/mol. The van der Waals surface area contributed by atoms with Crippen molar-refractivity contribution in [1.29, 1.82) is 0 Å². The van der Waals surface area contributed by atoms with Gasteiger partial charge in [0, 0.05) is 30.8 Å². The van der Waals surface area contributed by atoms with Crippen molar-refractivity contribution in [2.45, 2.75) is 27.0 Å². The lowest BCUT2D eigenvalue weighted by Crippen LogP contribution is -2.07. The number of nitrogens with two attached hydrogens (primary N) is 1. The molecule has 0 spiro atoms. The molecule has 0 aromatic carbocycles. The van der Waals surface area contributed by atoms with Crippen molar-refractivity contribution in [1.82, 2.24) is 4.98 Å². The smallest absolute Gasteiger partial charge is 0.302 e. The van der Waals surface area contributed by atoms with E-state index in [9.17, 15) is 9.90 Å². The lowest BCUT2D eigenvalue weighted by molar-refractivity contribution is -0.142. The van der Waals surface area contributed by atoms with Crippen LogP contribution in [0.5, 0.6) is 5.75 Å². The Labute approximate surface area is 87.9 Å². The third kappa shape index (κ3) is 2.66. The van der Waals surface area contributed by atoms with Crippen molar-refractivity contribution in [3.8, 4) is 5.75 Å². The van der Waals surface area contributed by atoms with Gasteiger partial charge in [0.25, 0.3) is 0 Å². The van der Waals surface area contributed by atoms with Gasteiger partial charge < -0.3 is 15.6 Å². The van der Waals surface area contributed by atoms with Crippen molar-refractivity contribution >= 4 is 5.97 Å². The predicted molar refractivity (Wildman–Crippen MR) is 54.0 cm³/mol. The van der Waals surface area contributed by atoms with Crippen LogP contribution in [0.25, 0.3) is 0 Å². The summed E-state index contributed by atoms with van der Waals surface area (Å²) in [6.07, 6.45) is 1.56. The molecule has 0 fully saturated rings. The highest BCUT2D eigenvalue weighted by atomic mass is 16.5. The average Bonchev–Trinajstić information content (AvgIpc) is 2.19. The van der Waals surface area contributed by atoms with Gasteiger partial charge >= 0.3 is 5.97 Å². The van der Waals surface area contributed by atoms with Gasteiger partial charge in [0.05, 0.1) is 5.69 Å². The lowest BCUT2D eigenvalue weighted by Gasteiger charge is -2.10. The van der Waals surface area contributed by atoms with E-state index in [0.29, 0.717) is 16.8 Å². The fourth-order valence-corrected chi connectivity index (χ4v) is 1.22. The first-order valence-electron chi connectivity index (χ1n) is 4.56. The average molecular weight is 210 g/mol. The third-order valence-electron chi connectivity index (χ3n) is 2.07. The van der Waals surface area contributed by atoms with E-state index in [1.807, 2.05) is 0 Å². The number of nitrogens with zero attached hydrogens (tertiary/aromatic N) is 1. The zero-order valence-corrected chi connectivity index (χ0v) is 8.78. The SMILES string of the molecule is CC(=O)OCc1cnc(C)c(O)c1CN. The van der Waals surface area contributed by atoms with Crippen molar-refractivity contribution < 1.29 is 14.6 Å². The van der Waals surface area contributed by atoms with Crippen LogP contribution in [0.3, 0.4) is 0 Å². The quantitative estimate of drug-likeness (QED) is 0.714. The summed E-state index contributed by atoms with van der Waals surface area (Å²) in [5.74, 6) is -0.305. The Morgan fingerprint density at radius 2 is 2.33 bits per heavy atom. The Kier molecular flexibility index (Phi) is 3.62. The van der Waals surface area contributed by atoms with Crippen LogP contribution in [-0.4, -0.2) is 16.1 Å². The number of rotatable bonds is 3. The molecule has 0 aliphatic carbocycles. The molecule has 0 radical (unpaired) electrons. The highest BCUT2D eigenvalue weighted by Crippen LogP contribution is 2.23. The Hall–Kier alpha value is -1.62. The van der Waals surface area contributed by atoms with Crippen LogP contribution in [0, 0.1) is 6.92 Å². The summed E-state index contributed by atoms with van der Waals surface area (Å²) >= 11 is 0. The van der Waals surface area contributed by atoms with Gasteiger partial charge in [-0.25, -0.2) is 0 Å². The minimum Gasteiger partial charge on any atom is -0.506 e. The van der Waals surface area contributed by atoms with E-state index in [1.54, 1.807) is 13.1 Å². The molecule has 0 unspecified atom stereocenters. The number of esters is 1. The van der Waals surface area contributed by atoms with Gasteiger partial charge in [0.15, 0.2) is 0 Å². The van der Waals surface area contributed by atoms with Crippen LogP contribution in [0.4, 0.5) is 0 Å². The molecule has 82 valence electrons. The zero-order chi connectivity index (χ0) is 11.4. The van der Waals surface area contributed by atoms with Gasteiger partial charge in [-0.2, -0.15) is 0 Å². The normalized spacial score (nSPS) is 10.1. The summed E-state index contributed by atoms with van der Waals surface area (Å²) in [6.45, 7) is 3.28. The van der Waals surface area contributed by atoms with Gasteiger partial charge in [-0.3, -0.25) is 9.78 Å². The van der Waals surface area contributed by atoms with E-state index in [1.165, 1.54) is 6.92 Å². The third-order valence-corrected chi connectivity index (χ3v) is 2.07. The van der Waals surface area contributed by atoms with Crippen molar-refractivity contribution in [2.75, 3.05) is 0 Å². The Morgan fingerprint density at radius 3 is 2.87 bits per heavy atom. The summed E-state index contributed by atoms with van der Waals surface area (Å²) < 4.78 is 4.82. The Balaban J connectivity index is 2.97. The van der Waals surface area contributed by atoms with Crippen LogP contribution in [0.15, 0.2) is 6.20 Å². The molecule has 1 rings (SSSR count). The maximum atomic E-state index is 10.6. The minimum absolute atomic E-state index is 0.0714. The fourth-order valence-electron chi connectivity index (χ4n) is 1.22. The summed E-state index contributed by atoms with van der Waals surface area (Å²) in [5.41, 5.74) is 7.22. The number of aryl methyl sites for hydroxylation is 1. The van der Waals surface area contributed by atoms with E-state index in [0.717, 1.165) is 0 Å². The summed E-state index contributed by atoms with van der Waals surface area (Å²) in [6, 6.07) is 0. The summed E-state index contributed by atoms with van der Waals surface area (Å²) in [4.78, 5) is 14.6. The second-order valence-electron chi connectivity index (χ2n) is 3.18. The number of pyridine rings is 1. The molecule has 0 amide bonds. The van der Waals surface area contributed by atoms with E-state index in [2.05, 4.69) is 4.98 Å². The van der Waals surface area contributed by atoms with Crippen LogP contribution in [0.1, 0.15) is 23.7 Å². The highest BCUT2D eigenvalue weighted by molar-refractivity contribution is 5.66. The number of carbonyl (C=O) groups is 1. The molecule has 0 atom stereocenters. The fraction of sp³-hybridized carbons (Fsp3) is 0.400. The summed E-state index contributed by atoms with van der Waals surface area (Å²) in [5, 5.41) is 9.66. The standard InChI is InChI=1S/C10H14N2O3/c1-6-10(14)9(3-11)8(4-12-6)5-15-7(2)13/h4,14H,3,5,11H2,1-2H3. The van der Waals surface area contributed by atoms with Crippen LogP contribution >= 0.6 is 0 Å². The van der Waals surface area contributed by atoms with Gasteiger partial charge in [-0.05, 0) is 6.92 Å². The number of ether oxygens (including phenoxy) is 1. The Bertz CT molecular complexity index is 377. The van der Waals surface area contributed by atoms with E-state index < -0.39 is 0 Å². The topological polar surface area (TPSA) is 85.4 Å². The van der Waals surface area contributed by atoms with Gasteiger partial charge in [0.1, 0.15) is 12.4 Å². The van der Waals surface area contributed by atoms with Gasteiger partial charge in [0.2, 0.25) is 0 Å². The number of hydrogen-bond donors (Lipinski definition) is 2. The second kappa shape index (κ2) is 4.75. The molecule has 0 saturated carbocycles. The number of aromatic nitrogens is 1. The molecular formula is C10H14N2O3. The number of hydrogen-bond acceptors (Lipinski definition) is 5. The largest absolute Gasteiger partial charge is 0.506 e. The van der Waals surface area contributed by atoms with Crippen molar-refractivity contribution in [3.05, 3.63) is 23.0 Å². The van der Waals surface area contributed by atoms with Crippen LogP contribution in [-0.2, 0) is 22.7 Å². The second-order valence-corrected chi connectivity index (χ2v) is 3.18. The molecule has 1 heterocycles.